The van der Waals surface area contributed by atoms with Crippen LogP contribution >= 0.6 is 11.8 Å². The number of piperidine rings is 1. The Balaban J connectivity index is 1.42. The largest absolute Gasteiger partial charge is 0.314 e. The van der Waals surface area contributed by atoms with E-state index in [0.29, 0.717) is 0 Å². The predicted molar refractivity (Wildman–Crippen MR) is 92.8 cm³/mol. The van der Waals surface area contributed by atoms with Crippen LogP contribution in [0.1, 0.15) is 31.2 Å². The van der Waals surface area contributed by atoms with Gasteiger partial charge in [0.25, 0.3) is 0 Å². The molecule has 3 heteroatoms. The van der Waals surface area contributed by atoms with Crippen molar-refractivity contribution in [2.24, 2.45) is 5.92 Å². The van der Waals surface area contributed by atoms with Crippen LogP contribution in [0.5, 0.6) is 0 Å². The Hall–Kier alpha value is -0.510. The second-order valence-corrected chi connectivity index (χ2v) is 7.75. The van der Waals surface area contributed by atoms with Gasteiger partial charge in [0.05, 0.1) is 0 Å². The first kappa shape index (κ1) is 15.4. The van der Waals surface area contributed by atoms with Gasteiger partial charge in [0.1, 0.15) is 0 Å². The lowest BCUT2D eigenvalue weighted by molar-refractivity contribution is 0.162. The topological polar surface area (TPSA) is 15.3 Å². The predicted octanol–water partition coefficient (Wildman–Crippen LogP) is 3.38. The third-order valence-electron chi connectivity index (χ3n) is 4.77. The molecule has 2 nitrogen and oxygen atoms in total. The zero-order valence-electron chi connectivity index (χ0n) is 13.0. The van der Waals surface area contributed by atoms with Gasteiger partial charge in [-0.2, -0.15) is 11.8 Å². The SMILES string of the molecule is c1ccc(CN2CCC[C@H](CNC3CCSCC3)C2)cc1. The van der Waals surface area contributed by atoms with Crippen molar-refractivity contribution in [3.05, 3.63) is 35.9 Å². The molecule has 2 fully saturated rings. The Morgan fingerprint density at radius 2 is 1.90 bits per heavy atom. The molecule has 1 N–H and O–H groups in total. The second kappa shape index (κ2) is 8.21. The summed E-state index contributed by atoms with van der Waals surface area (Å²) < 4.78 is 0. The highest BCUT2D eigenvalue weighted by Crippen LogP contribution is 2.20. The van der Waals surface area contributed by atoms with Crippen LogP contribution in [0.15, 0.2) is 30.3 Å². The average molecular weight is 305 g/mol. The van der Waals surface area contributed by atoms with Crippen molar-refractivity contribution in [2.75, 3.05) is 31.1 Å². The lowest BCUT2D eigenvalue weighted by Gasteiger charge is -2.34. The summed E-state index contributed by atoms with van der Waals surface area (Å²) in [5, 5.41) is 3.84. The highest BCUT2D eigenvalue weighted by atomic mass is 32.2. The summed E-state index contributed by atoms with van der Waals surface area (Å²) in [5.74, 6) is 3.54. The fourth-order valence-electron chi connectivity index (χ4n) is 3.54. The van der Waals surface area contributed by atoms with Gasteiger partial charge in [-0.1, -0.05) is 30.3 Å². The van der Waals surface area contributed by atoms with Gasteiger partial charge in [-0.3, -0.25) is 4.90 Å². The van der Waals surface area contributed by atoms with Crippen molar-refractivity contribution in [1.82, 2.24) is 10.2 Å². The lowest BCUT2D eigenvalue weighted by atomic mass is 9.97. The summed E-state index contributed by atoms with van der Waals surface area (Å²) in [7, 11) is 0. The molecule has 1 aromatic carbocycles. The zero-order valence-corrected chi connectivity index (χ0v) is 13.8. The Labute approximate surface area is 133 Å². The fourth-order valence-corrected chi connectivity index (χ4v) is 4.64. The molecule has 0 spiro atoms. The minimum atomic E-state index is 0.788. The lowest BCUT2D eigenvalue weighted by Crippen LogP contribution is -2.42. The number of nitrogens with zero attached hydrogens (tertiary/aromatic N) is 1. The Kier molecular flexibility index (Phi) is 6.02. The molecule has 0 saturated carbocycles. The molecule has 0 aliphatic carbocycles. The van der Waals surface area contributed by atoms with Gasteiger partial charge in [-0.15, -0.1) is 0 Å². The fraction of sp³-hybridized carbons (Fsp3) is 0.667. The van der Waals surface area contributed by atoms with Crippen molar-refractivity contribution < 1.29 is 0 Å². The molecule has 0 unspecified atom stereocenters. The summed E-state index contributed by atoms with van der Waals surface area (Å²) in [5.41, 5.74) is 1.45. The Morgan fingerprint density at radius 1 is 1.10 bits per heavy atom. The number of hydrogen-bond acceptors (Lipinski definition) is 3. The number of nitrogens with one attached hydrogen (secondary N) is 1. The maximum absolute atomic E-state index is 3.84. The number of rotatable bonds is 5. The first-order valence-electron chi connectivity index (χ1n) is 8.47. The molecule has 0 radical (unpaired) electrons. The van der Waals surface area contributed by atoms with E-state index in [1.807, 2.05) is 0 Å². The molecule has 1 aromatic rings. The summed E-state index contributed by atoms with van der Waals surface area (Å²) in [4.78, 5) is 2.64. The van der Waals surface area contributed by atoms with E-state index in [2.05, 4.69) is 52.3 Å². The molecule has 21 heavy (non-hydrogen) atoms. The molecule has 2 aliphatic heterocycles. The summed E-state index contributed by atoms with van der Waals surface area (Å²) in [6.45, 7) is 4.88. The highest BCUT2D eigenvalue weighted by molar-refractivity contribution is 7.99. The second-order valence-electron chi connectivity index (χ2n) is 6.52. The van der Waals surface area contributed by atoms with Crippen LogP contribution in [-0.4, -0.2) is 42.1 Å². The summed E-state index contributed by atoms with van der Waals surface area (Å²) in [6.07, 6.45) is 5.50. The normalized spacial score (nSPS) is 25.0. The van der Waals surface area contributed by atoms with E-state index < -0.39 is 0 Å². The minimum Gasteiger partial charge on any atom is -0.314 e. The van der Waals surface area contributed by atoms with Crippen LogP contribution in [0.25, 0.3) is 0 Å². The van der Waals surface area contributed by atoms with Crippen molar-refractivity contribution in [3.8, 4) is 0 Å². The van der Waals surface area contributed by atoms with E-state index in [1.54, 1.807) is 0 Å². The van der Waals surface area contributed by atoms with Crippen LogP contribution in [0, 0.1) is 5.92 Å². The van der Waals surface area contributed by atoms with E-state index >= 15 is 0 Å². The average Bonchev–Trinajstić information content (AvgIpc) is 2.55. The number of thioether (sulfide) groups is 1. The third kappa shape index (κ3) is 5.01. The molecule has 2 aliphatic rings. The first-order chi connectivity index (χ1) is 10.4. The molecule has 116 valence electrons. The van der Waals surface area contributed by atoms with Gasteiger partial charge in [0, 0.05) is 19.1 Å². The van der Waals surface area contributed by atoms with Crippen LogP contribution < -0.4 is 5.32 Å². The number of hydrogen-bond donors (Lipinski definition) is 1. The first-order valence-corrected chi connectivity index (χ1v) is 9.63. The highest BCUT2D eigenvalue weighted by Gasteiger charge is 2.21. The van der Waals surface area contributed by atoms with E-state index in [4.69, 9.17) is 0 Å². The molecule has 1 atom stereocenters. The smallest absolute Gasteiger partial charge is 0.0233 e. The summed E-state index contributed by atoms with van der Waals surface area (Å²) >= 11 is 2.11. The van der Waals surface area contributed by atoms with Crippen LogP contribution in [0.3, 0.4) is 0 Å². The molecule has 3 rings (SSSR count). The van der Waals surface area contributed by atoms with Crippen LogP contribution in [0.4, 0.5) is 0 Å². The minimum absolute atomic E-state index is 0.788. The molecular formula is C18H28N2S. The Morgan fingerprint density at radius 3 is 2.71 bits per heavy atom. The number of likely N-dealkylation sites (tertiary alicyclic amines) is 1. The van der Waals surface area contributed by atoms with Crippen molar-refractivity contribution >= 4 is 11.8 Å². The maximum Gasteiger partial charge on any atom is 0.0233 e. The van der Waals surface area contributed by atoms with Crippen molar-refractivity contribution in [1.29, 1.82) is 0 Å². The maximum atomic E-state index is 3.84. The molecule has 0 aromatic heterocycles. The van der Waals surface area contributed by atoms with Gasteiger partial charge in [-0.25, -0.2) is 0 Å². The van der Waals surface area contributed by atoms with Crippen LogP contribution in [0.2, 0.25) is 0 Å². The monoisotopic (exact) mass is 304 g/mol. The van der Waals surface area contributed by atoms with E-state index in [-0.39, 0.29) is 0 Å². The van der Waals surface area contributed by atoms with E-state index in [1.165, 1.54) is 62.4 Å². The standard InChI is InChI=1S/C18H28N2S/c1-2-5-16(6-3-1)14-20-10-4-7-17(15-20)13-19-18-8-11-21-12-9-18/h1-3,5-6,17-19H,4,7-15H2/t17-/m1/s1. The molecule has 2 saturated heterocycles. The molecular weight excluding hydrogens is 276 g/mol. The molecule has 0 amide bonds. The third-order valence-corrected chi connectivity index (χ3v) is 5.82. The summed E-state index contributed by atoms with van der Waals surface area (Å²) in [6, 6.07) is 11.7. The van der Waals surface area contributed by atoms with Crippen molar-refractivity contribution in [2.45, 2.75) is 38.3 Å². The number of benzene rings is 1. The quantitative estimate of drug-likeness (QED) is 0.898. The van der Waals surface area contributed by atoms with Gasteiger partial charge < -0.3 is 5.32 Å². The van der Waals surface area contributed by atoms with Crippen molar-refractivity contribution in [3.63, 3.8) is 0 Å². The van der Waals surface area contributed by atoms with Crippen LogP contribution in [-0.2, 0) is 6.54 Å². The van der Waals surface area contributed by atoms with Gasteiger partial charge in [-0.05, 0) is 61.8 Å². The van der Waals surface area contributed by atoms with Gasteiger partial charge in [0.15, 0.2) is 0 Å². The van der Waals surface area contributed by atoms with E-state index in [0.717, 1.165) is 18.5 Å². The van der Waals surface area contributed by atoms with Gasteiger partial charge in [0.2, 0.25) is 0 Å². The van der Waals surface area contributed by atoms with E-state index in [9.17, 15) is 0 Å². The molecule has 0 bridgehead atoms. The zero-order chi connectivity index (χ0) is 14.3. The van der Waals surface area contributed by atoms with Gasteiger partial charge >= 0.3 is 0 Å². The molecule has 2 heterocycles. The Bertz CT molecular complexity index is 403.